The van der Waals surface area contributed by atoms with Gasteiger partial charge in [0.05, 0.1) is 6.20 Å². The van der Waals surface area contributed by atoms with Crippen molar-refractivity contribution in [3.8, 4) is 0 Å². The molecule has 1 N–H and O–H groups in total. The lowest BCUT2D eigenvalue weighted by atomic mass is 10.1. The summed E-state index contributed by atoms with van der Waals surface area (Å²) in [7, 11) is 1.71. The Balaban J connectivity index is 1.53. The third-order valence-corrected chi connectivity index (χ3v) is 5.04. The second-order valence-corrected chi connectivity index (χ2v) is 6.80. The van der Waals surface area contributed by atoms with E-state index in [-0.39, 0.29) is 23.4 Å². The summed E-state index contributed by atoms with van der Waals surface area (Å²) in [6.45, 7) is 0.728. The summed E-state index contributed by atoms with van der Waals surface area (Å²) in [5, 5.41) is 10.4. The molecule has 0 saturated heterocycles. The minimum Gasteiger partial charge on any atom is -0.320 e. The third-order valence-electron chi connectivity index (χ3n) is 5.04. The van der Waals surface area contributed by atoms with Gasteiger partial charge < -0.3 is 10.2 Å². The molecule has 1 aliphatic carbocycles. The lowest BCUT2D eigenvalue weighted by Crippen LogP contribution is -2.33. The van der Waals surface area contributed by atoms with Gasteiger partial charge in [0.15, 0.2) is 5.69 Å². The van der Waals surface area contributed by atoms with Gasteiger partial charge in [0, 0.05) is 30.9 Å². The summed E-state index contributed by atoms with van der Waals surface area (Å²) in [6, 6.07) is 5.75. The number of aryl methyl sites for hydroxylation is 1. The quantitative estimate of drug-likeness (QED) is 0.929. The van der Waals surface area contributed by atoms with Gasteiger partial charge in [-0.3, -0.25) is 14.3 Å². The van der Waals surface area contributed by atoms with E-state index in [0.29, 0.717) is 5.69 Å². The molecule has 2 aliphatic rings. The predicted molar refractivity (Wildman–Crippen MR) is 93.4 cm³/mol. The molecule has 2 heterocycles. The average molecular weight is 339 g/mol. The fourth-order valence-electron chi connectivity index (χ4n) is 3.73. The fraction of sp³-hybridized carbons (Fsp3) is 0.444. The van der Waals surface area contributed by atoms with Crippen LogP contribution in [0.1, 0.15) is 41.7 Å². The van der Waals surface area contributed by atoms with Crippen molar-refractivity contribution in [2.45, 2.75) is 32.1 Å². The first-order chi connectivity index (χ1) is 12.1. The fourth-order valence-corrected chi connectivity index (χ4v) is 3.73. The van der Waals surface area contributed by atoms with Crippen LogP contribution < -0.4 is 10.2 Å². The SMILES string of the molecule is Cn1cc(C(=O)Nc2ccc3c(c2)N(C(=O)C2CCCC2)CC3)nn1. The molecule has 0 atom stereocenters. The number of aromatic nitrogens is 3. The molecular formula is C18H21N5O2. The van der Waals surface area contributed by atoms with Gasteiger partial charge in [0.25, 0.3) is 5.91 Å². The summed E-state index contributed by atoms with van der Waals surface area (Å²) in [5.41, 5.74) is 3.01. The van der Waals surface area contributed by atoms with Gasteiger partial charge in [-0.1, -0.05) is 24.1 Å². The number of hydrogen-bond acceptors (Lipinski definition) is 4. The van der Waals surface area contributed by atoms with E-state index >= 15 is 0 Å². The Hall–Kier alpha value is -2.70. The third kappa shape index (κ3) is 3.01. The Morgan fingerprint density at radius 2 is 2.04 bits per heavy atom. The zero-order valence-electron chi connectivity index (χ0n) is 14.2. The molecule has 1 aromatic carbocycles. The molecule has 1 fully saturated rings. The highest BCUT2D eigenvalue weighted by atomic mass is 16.2. The van der Waals surface area contributed by atoms with Crippen LogP contribution in [0.2, 0.25) is 0 Å². The second kappa shape index (κ2) is 6.31. The van der Waals surface area contributed by atoms with Crippen molar-refractivity contribution in [3.05, 3.63) is 35.7 Å². The number of hydrogen-bond donors (Lipinski definition) is 1. The van der Waals surface area contributed by atoms with Crippen LogP contribution in [-0.2, 0) is 18.3 Å². The zero-order valence-corrected chi connectivity index (χ0v) is 14.2. The molecule has 1 aliphatic heterocycles. The molecule has 7 nitrogen and oxygen atoms in total. The Labute approximate surface area is 146 Å². The smallest absolute Gasteiger partial charge is 0.277 e. The van der Waals surface area contributed by atoms with E-state index in [1.165, 1.54) is 4.68 Å². The molecule has 0 bridgehead atoms. The standard InChI is InChI=1S/C18H21N5O2/c1-22-11-15(20-21-22)17(24)19-14-7-6-12-8-9-23(16(12)10-14)18(25)13-4-2-3-5-13/h6-7,10-11,13H,2-5,8-9H2,1H3,(H,19,24). The number of carbonyl (C=O) groups is 2. The van der Waals surface area contributed by atoms with Crippen LogP contribution in [0, 0.1) is 5.92 Å². The highest BCUT2D eigenvalue weighted by molar-refractivity contribution is 6.03. The van der Waals surface area contributed by atoms with Crippen LogP contribution in [0.4, 0.5) is 11.4 Å². The Kier molecular flexibility index (Phi) is 3.99. The Morgan fingerprint density at radius 1 is 1.24 bits per heavy atom. The maximum atomic E-state index is 12.8. The second-order valence-electron chi connectivity index (χ2n) is 6.80. The minimum absolute atomic E-state index is 0.156. The highest BCUT2D eigenvalue weighted by Gasteiger charge is 2.32. The van der Waals surface area contributed by atoms with Crippen molar-refractivity contribution in [1.82, 2.24) is 15.0 Å². The Morgan fingerprint density at radius 3 is 2.76 bits per heavy atom. The van der Waals surface area contributed by atoms with Crippen LogP contribution in [0.25, 0.3) is 0 Å². The van der Waals surface area contributed by atoms with E-state index in [1.807, 2.05) is 23.1 Å². The summed E-state index contributed by atoms with van der Waals surface area (Å²) in [4.78, 5) is 26.9. The molecule has 2 aromatic rings. The van der Waals surface area contributed by atoms with E-state index in [2.05, 4.69) is 15.6 Å². The van der Waals surface area contributed by atoms with E-state index in [0.717, 1.165) is 49.9 Å². The first-order valence-electron chi connectivity index (χ1n) is 8.74. The number of carbonyl (C=O) groups excluding carboxylic acids is 2. The van der Waals surface area contributed by atoms with Gasteiger partial charge in [-0.05, 0) is 37.0 Å². The maximum Gasteiger partial charge on any atom is 0.277 e. The van der Waals surface area contributed by atoms with Gasteiger partial charge in [0.1, 0.15) is 0 Å². The van der Waals surface area contributed by atoms with Gasteiger partial charge >= 0.3 is 0 Å². The van der Waals surface area contributed by atoms with Crippen LogP contribution in [-0.4, -0.2) is 33.4 Å². The van der Waals surface area contributed by atoms with Gasteiger partial charge in [-0.2, -0.15) is 0 Å². The molecule has 1 saturated carbocycles. The van der Waals surface area contributed by atoms with Crippen molar-refractivity contribution < 1.29 is 9.59 Å². The topological polar surface area (TPSA) is 80.1 Å². The number of nitrogens with one attached hydrogen (secondary N) is 1. The molecule has 4 rings (SSSR count). The number of nitrogens with zero attached hydrogens (tertiary/aromatic N) is 4. The van der Waals surface area contributed by atoms with Crippen molar-refractivity contribution in [2.75, 3.05) is 16.8 Å². The summed E-state index contributed by atoms with van der Waals surface area (Å²) in [5.74, 6) is 0.0807. The lowest BCUT2D eigenvalue weighted by Gasteiger charge is -2.21. The number of fused-ring (bicyclic) bond motifs is 1. The lowest BCUT2D eigenvalue weighted by molar-refractivity contribution is -0.122. The van der Waals surface area contributed by atoms with E-state index < -0.39 is 0 Å². The predicted octanol–water partition coefficient (Wildman–Crippen LogP) is 2.15. The largest absolute Gasteiger partial charge is 0.320 e. The molecule has 7 heteroatoms. The normalized spacial score (nSPS) is 16.9. The van der Waals surface area contributed by atoms with Gasteiger partial charge in [0.2, 0.25) is 5.91 Å². The van der Waals surface area contributed by atoms with E-state index in [1.54, 1.807) is 13.2 Å². The minimum atomic E-state index is -0.306. The zero-order chi connectivity index (χ0) is 17.4. The van der Waals surface area contributed by atoms with E-state index in [4.69, 9.17) is 0 Å². The molecule has 0 unspecified atom stereocenters. The van der Waals surface area contributed by atoms with Gasteiger partial charge in [-0.15, -0.1) is 5.10 Å². The average Bonchev–Trinajstić information content (AvgIpc) is 3.34. The summed E-state index contributed by atoms with van der Waals surface area (Å²) in [6.07, 6.45) is 6.71. The molecule has 1 aromatic heterocycles. The van der Waals surface area contributed by atoms with Gasteiger partial charge in [-0.25, -0.2) is 0 Å². The molecule has 0 radical (unpaired) electrons. The number of anilines is 2. The maximum absolute atomic E-state index is 12.8. The van der Waals surface area contributed by atoms with Crippen LogP contribution in [0.5, 0.6) is 0 Å². The number of amides is 2. The van der Waals surface area contributed by atoms with Crippen LogP contribution >= 0.6 is 0 Å². The summed E-state index contributed by atoms with van der Waals surface area (Å²) < 4.78 is 1.49. The molecule has 2 amide bonds. The first-order valence-corrected chi connectivity index (χ1v) is 8.74. The molecule has 25 heavy (non-hydrogen) atoms. The number of rotatable bonds is 3. The van der Waals surface area contributed by atoms with Crippen molar-refractivity contribution in [1.29, 1.82) is 0 Å². The van der Waals surface area contributed by atoms with E-state index in [9.17, 15) is 9.59 Å². The highest BCUT2D eigenvalue weighted by Crippen LogP contribution is 2.35. The monoisotopic (exact) mass is 339 g/mol. The molecule has 0 spiro atoms. The van der Waals surface area contributed by atoms with Crippen LogP contribution in [0.3, 0.4) is 0 Å². The first kappa shape index (κ1) is 15.8. The Bertz CT molecular complexity index is 823. The van der Waals surface area contributed by atoms with Crippen molar-refractivity contribution in [3.63, 3.8) is 0 Å². The number of benzene rings is 1. The van der Waals surface area contributed by atoms with Crippen molar-refractivity contribution >= 4 is 23.2 Å². The van der Waals surface area contributed by atoms with Crippen LogP contribution in [0.15, 0.2) is 24.4 Å². The molecular weight excluding hydrogens is 318 g/mol. The molecule has 130 valence electrons. The van der Waals surface area contributed by atoms with Crippen molar-refractivity contribution in [2.24, 2.45) is 13.0 Å². The summed E-state index contributed by atoms with van der Waals surface area (Å²) >= 11 is 0.